The zero-order valence-electron chi connectivity index (χ0n) is 14.9. The van der Waals surface area contributed by atoms with Gasteiger partial charge in [-0.1, -0.05) is 30.3 Å². The number of carbonyl (C=O) groups excluding carboxylic acids is 1. The molecule has 5 N–H and O–H groups in total. The lowest BCUT2D eigenvalue weighted by molar-refractivity contribution is 0.196. The van der Waals surface area contributed by atoms with Gasteiger partial charge in [-0.25, -0.2) is 9.78 Å². The average molecular weight is 393 g/mol. The lowest BCUT2D eigenvalue weighted by Gasteiger charge is -2.17. The van der Waals surface area contributed by atoms with Gasteiger partial charge in [0.15, 0.2) is 5.75 Å². The zero-order valence-corrected chi connectivity index (χ0v) is 15.7. The number of pyridine rings is 1. The molecule has 142 valence electrons. The molecule has 0 aliphatic rings. The van der Waals surface area contributed by atoms with Gasteiger partial charge in [0, 0.05) is 24.3 Å². The van der Waals surface area contributed by atoms with Crippen LogP contribution < -0.4 is 21.1 Å². The molecule has 0 fully saturated rings. The third-order valence-electron chi connectivity index (χ3n) is 4.27. The van der Waals surface area contributed by atoms with Gasteiger partial charge in [0.25, 0.3) is 0 Å². The SMILES string of the molecule is NC[C@@H](NC(=O)Oc1ccsc1Nc1ccnc2[nH]ccc12)c1ccccc1. The van der Waals surface area contributed by atoms with Crippen molar-refractivity contribution < 1.29 is 9.53 Å². The van der Waals surface area contributed by atoms with Gasteiger partial charge in [0.2, 0.25) is 0 Å². The molecule has 1 atom stereocenters. The van der Waals surface area contributed by atoms with E-state index >= 15 is 0 Å². The van der Waals surface area contributed by atoms with Gasteiger partial charge in [-0.05, 0) is 29.1 Å². The zero-order chi connectivity index (χ0) is 19.3. The Morgan fingerprint density at radius 1 is 1.21 bits per heavy atom. The van der Waals surface area contributed by atoms with Crippen LogP contribution in [0.3, 0.4) is 0 Å². The van der Waals surface area contributed by atoms with Crippen LogP contribution in [0.25, 0.3) is 11.0 Å². The highest BCUT2D eigenvalue weighted by Gasteiger charge is 2.17. The molecule has 0 radical (unpaired) electrons. The molecule has 0 saturated carbocycles. The molecule has 8 heteroatoms. The summed E-state index contributed by atoms with van der Waals surface area (Å²) in [5, 5.41) is 9.67. The standard InChI is InChI=1S/C20H19N5O2S/c21-12-16(13-4-2-1-3-5-13)25-20(26)27-17-8-11-28-19(17)24-15-7-10-23-18-14(15)6-9-22-18/h1-11,16H,12,21H2,(H,25,26)(H2,22,23,24)/t16-/m1/s1. The van der Waals surface area contributed by atoms with E-state index < -0.39 is 6.09 Å². The summed E-state index contributed by atoms with van der Waals surface area (Å²) in [5.74, 6) is 0.451. The second-order valence-corrected chi connectivity index (χ2v) is 6.99. The van der Waals surface area contributed by atoms with Crippen LogP contribution in [-0.4, -0.2) is 22.6 Å². The van der Waals surface area contributed by atoms with Crippen LogP contribution >= 0.6 is 11.3 Å². The first-order valence-corrected chi connectivity index (χ1v) is 9.62. The maximum Gasteiger partial charge on any atom is 0.413 e. The van der Waals surface area contributed by atoms with Gasteiger partial charge in [0.1, 0.15) is 10.6 Å². The quantitative estimate of drug-likeness (QED) is 0.394. The van der Waals surface area contributed by atoms with Gasteiger partial charge < -0.3 is 26.1 Å². The third kappa shape index (κ3) is 3.83. The minimum absolute atomic E-state index is 0.274. The number of nitrogens with one attached hydrogen (secondary N) is 3. The Bertz CT molecular complexity index is 1080. The molecular weight excluding hydrogens is 374 g/mol. The van der Waals surface area contributed by atoms with E-state index in [4.69, 9.17) is 10.5 Å². The number of hydrogen-bond acceptors (Lipinski definition) is 6. The minimum atomic E-state index is -0.553. The first-order chi connectivity index (χ1) is 13.7. The number of aromatic amines is 1. The molecule has 7 nitrogen and oxygen atoms in total. The predicted octanol–water partition coefficient (Wildman–Crippen LogP) is 4.16. The fourth-order valence-corrected chi connectivity index (χ4v) is 3.62. The van der Waals surface area contributed by atoms with Crippen LogP contribution in [0.5, 0.6) is 5.75 Å². The van der Waals surface area contributed by atoms with Crippen LogP contribution in [0.4, 0.5) is 15.5 Å². The molecule has 1 amide bonds. The number of anilines is 2. The molecule has 0 aliphatic heterocycles. The van der Waals surface area contributed by atoms with Crippen LogP contribution in [0.1, 0.15) is 11.6 Å². The number of fused-ring (bicyclic) bond motifs is 1. The number of hydrogen-bond donors (Lipinski definition) is 4. The summed E-state index contributed by atoms with van der Waals surface area (Å²) in [6, 6.07) is 14.8. The number of ether oxygens (including phenoxy) is 1. The highest BCUT2D eigenvalue weighted by atomic mass is 32.1. The molecule has 0 spiro atoms. The summed E-state index contributed by atoms with van der Waals surface area (Å²) in [4.78, 5) is 19.8. The average Bonchev–Trinajstić information content (AvgIpc) is 3.37. The van der Waals surface area contributed by atoms with Gasteiger partial charge in [-0.3, -0.25) is 0 Å². The molecule has 4 rings (SSSR count). The number of carbonyl (C=O) groups is 1. The number of amides is 1. The fourth-order valence-electron chi connectivity index (χ4n) is 2.90. The Hall–Kier alpha value is -3.36. The fraction of sp³-hybridized carbons (Fsp3) is 0.100. The minimum Gasteiger partial charge on any atom is -0.407 e. The second kappa shape index (κ2) is 8.12. The molecule has 0 aliphatic carbocycles. The Balaban J connectivity index is 1.47. The monoisotopic (exact) mass is 393 g/mol. The molecule has 3 aromatic heterocycles. The molecule has 0 saturated heterocycles. The largest absolute Gasteiger partial charge is 0.413 e. The number of H-pyrrole nitrogens is 1. The van der Waals surface area contributed by atoms with Crippen molar-refractivity contribution in [3.63, 3.8) is 0 Å². The maximum atomic E-state index is 12.4. The van der Waals surface area contributed by atoms with Gasteiger partial charge >= 0.3 is 6.09 Å². The van der Waals surface area contributed by atoms with E-state index in [-0.39, 0.29) is 12.6 Å². The summed E-state index contributed by atoms with van der Waals surface area (Å²) in [6.07, 6.45) is 2.99. The number of nitrogens with zero attached hydrogens (tertiary/aromatic N) is 1. The van der Waals surface area contributed by atoms with Crippen molar-refractivity contribution >= 4 is 39.2 Å². The molecule has 4 aromatic rings. The van der Waals surface area contributed by atoms with Crippen LogP contribution in [0, 0.1) is 0 Å². The Morgan fingerprint density at radius 3 is 2.89 bits per heavy atom. The maximum absolute atomic E-state index is 12.4. The topological polar surface area (TPSA) is 105 Å². The number of benzene rings is 1. The van der Waals surface area contributed by atoms with E-state index in [1.54, 1.807) is 12.3 Å². The molecule has 28 heavy (non-hydrogen) atoms. The van der Waals surface area contributed by atoms with E-state index in [9.17, 15) is 4.79 Å². The Labute approximate surface area is 165 Å². The van der Waals surface area contributed by atoms with Crippen molar-refractivity contribution in [3.05, 3.63) is 71.9 Å². The van der Waals surface area contributed by atoms with Gasteiger partial charge in [-0.15, -0.1) is 11.3 Å². The number of rotatable bonds is 6. The van der Waals surface area contributed by atoms with Crippen molar-refractivity contribution in [2.75, 3.05) is 11.9 Å². The second-order valence-electron chi connectivity index (χ2n) is 6.07. The lowest BCUT2D eigenvalue weighted by atomic mass is 10.1. The summed E-state index contributed by atoms with van der Waals surface area (Å²) < 4.78 is 5.52. The number of nitrogens with two attached hydrogens (primary N) is 1. The van der Waals surface area contributed by atoms with E-state index in [0.717, 1.165) is 27.3 Å². The van der Waals surface area contributed by atoms with Crippen molar-refractivity contribution in [1.29, 1.82) is 0 Å². The van der Waals surface area contributed by atoms with Crippen molar-refractivity contribution in [2.45, 2.75) is 6.04 Å². The van der Waals surface area contributed by atoms with Gasteiger partial charge in [-0.2, -0.15) is 0 Å². The highest BCUT2D eigenvalue weighted by Crippen LogP contribution is 2.35. The van der Waals surface area contributed by atoms with Crippen molar-refractivity contribution in [3.8, 4) is 5.75 Å². The summed E-state index contributed by atoms with van der Waals surface area (Å²) in [7, 11) is 0. The van der Waals surface area contributed by atoms with E-state index in [0.29, 0.717) is 5.75 Å². The molecule has 3 heterocycles. The first kappa shape index (κ1) is 18.0. The molecule has 0 bridgehead atoms. The van der Waals surface area contributed by atoms with E-state index in [1.165, 1.54) is 11.3 Å². The van der Waals surface area contributed by atoms with Crippen LogP contribution in [-0.2, 0) is 0 Å². The number of aromatic nitrogens is 2. The number of thiophene rings is 1. The van der Waals surface area contributed by atoms with Crippen LogP contribution in [0.2, 0.25) is 0 Å². The molecule has 1 aromatic carbocycles. The van der Waals surface area contributed by atoms with E-state index in [2.05, 4.69) is 20.6 Å². The lowest BCUT2D eigenvalue weighted by Crippen LogP contribution is -2.35. The van der Waals surface area contributed by atoms with Crippen molar-refractivity contribution in [2.24, 2.45) is 5.73 Å². The highest BCUT2D eigenvalue weighted by molar-refractivity contribution is 7.14. The first-order valence-electron chi connectivity index (χ1n) is 8.74. The van der Waals surface area contributed by atoms with Crippen molar-refractivity contribution in [1.82, 2.24) is 15.3 Å². The summed E-state index contributed by atoms with van der Waals surface area (Å²) in [5.41, 5.74) is 8.41. The Kier molecular flexibility index (Phi) is 5.22. The van der Waals surface area contributed by atoms with Gasteiger partial charge in [0.05, 0.1) is 11.7 Å². The normalized spacial score (nSPS) is 11.9. The molecular formula is C20H19N5O2S. The Morgan fingerprint density at radius 2 is 2.07 bits per heavy atom. The van der Waals surface area contributed by atoms with E-state index in [1.807, 2.05) is 54.0 Å². The molecule has 0 unspecified atom stereocenters. The van der Waals surface area contributed by atoms with Crippen LogP contribution in [0.15, 0.2) is 66.3 Å². The summed E-state index contributed by atoms with van der Waals surface area (Å²) >= 11 is 1.45. The smallest absolute Gasteiger partial charge is 0.407 e. The third-order valence-corrected chi connectivity index (χ3v) is 5.08. The predicted molar refractivity (Wildman–Crippen MR) is 111 cm³/mol. The summed E-state index contributed by atoms with van der Waals surface area (Å²) in [6.45, 7) is 0.274.